The first kappa shape index (κ1) is 25.2. The molecule has 0 radical (unpaired) electrons. The molecule has 8 nitrogen and oxygen atoms in total. The molecule has 0 saturated carbocycles. The standard InChI is InChI=1S/C24H25ClN2O6S/c1-31-19-7-6-8-20(16-19)33-14-13-26-24(28)17-27(22-15-18(25)11-12-23(22)32-2)34(29,30)21-9-4-3-5-10-21/h3-12,15-16H,13-14,17H2,1-2H3,(H,26,28). The Bertz CT molecular complexity index is 1220. The minimum atomic E-state index is -4.09. The van der Waals surface area contributed by atoms with Crippen molar-refractivity contribution in [3.8, 4) is 17.2 Å². The Labute approximate surface area is 204 Å². The van der Waals surface area contributed by atoms with Crippen molar-refractivity contribution in [2.75, 3.05) is 38.2 Å². The number of carbonyl (C=O) groups is 1. The molecule has 3 rings (SSSR count). The number of anilines is 1. The lowest BCUT2D eigenvalue weighted by atomic mass is 10.3. The van der Waals surface area contributed by atoms with E-state index >= 15 is 0 Å². The lowest BCUT2D eigenvalue weighted by molar-refractivity contribution is -0.119. The van der Waals surface area contributed by atoms with Crippen molar-refractivity contribution in [3.63, 3.8) is 0 Å². The van der Waals surface area contributed by atoms with Crippen LogP contribution in [0.15, 0.2) is 77.7 Å². The molecule has 1 N–H and O–H groups in total. The van der Waals surface area contributed by atoms with Crippen LogP contribution in [0.5, 0.6) is 17.2 Å². The molecule has 3 aromatic carbocycles. The quantitative estimate of drug-likeness (QED) is 0.400. The number of carbonyl (C=O) groups excluding carboxylic acids is 1. The number of ether oxygens (including phenoxy) is 3. The van der Waals surface area contributed by atoms with E-state index in [4.69, 9.17) is 25.8 Å². The van der Waals surface area contributed by atoms with E-state index in [0.29, 0.717) is 16.5 Å². The molecule has 0 spiro atoms. The number of sulfonamides is 1. The summed E-state index contributed by atoms with van der Waals surface area (Å²) in [5, 5.41) is 2.98. The van der Waals surface area contributed by atoms with Gasteiger partial charge in [-0.2, -0.15) is 0 Å². The predicted octanol–water partition coefficient (Wildman–Crippen LogP) is 3.75. The molecule has 0 aliphatic carbocycles. The zero-order valence-electron chi connectivity index (χ0n) is 18.7. The van der Waals surface area contributed by atoms with E-state index in [1.807, 2.05) is 0 Å². The summed E-state index contributed by atoms with van der Waals surface area (Å²) in [6.07, 6.45) is 0. The summed E-state index contributed by atoms with van der Waals surface area (Å²) >= 11 is 6.13. The molecule has 1 amide bonds. The summed E-state index contributed by atoms with van der Waals surface area (Å²) < 4.78 is 43.9. The van der Waals surface area contributed by atoms with Crippen molar-refractivity contribution >= 4 is 33.2 Å². The van der Waals surface area contributed by atoms with E-state index in [2.05, 4.69) is 5.32 Å². The molecule has 0 saturated heterocycles. The molecule has 34 heavy (non-hydrogen) atoms. The SMILES string of the molecule is COc1cccc(OCCNC(=O)CN(c2cc(Cl)ccc2OC)S(=O)(=O)c2ccccc2)c1. The van der Waals surface area contributed by atoms with E-state index in [-0.39, 0.29) is 29.5 Å². The first-order valence-electron chi connectivity index (χ1n) is 10.3. The van der Waals surface area contributed by atoms with Gasteiger partial charge < -0.3 is 19.5 Å². The molecular weight excluding hydrogens is 480 g/mol. The molecule has 0 heterocycles. The first-order valence-corrected chi connectivity index (χ1v) is 12.1. The van der Waals surface area contributed by atoms with Crippen molar-refractivity contribution in [1.29, 1.82) is 0 Å². The van der Waals surface area contributed by atoms with Gasteiger partial charge in [0, 0.05) is 11.1 Å². The van der Waals surface area contributed by atoms with E-state index in [0.717, 1.165) is 4.31 Å². The summed E-state index contributed by atoms with van der Waals surface area (Å²) in [7, 11) is -1.12. The average Bonchev–Trinajstić information content (AvgIpc) is 2.85. The van der Waals surface area contributed by atoms with Gasteiger partial charge in [-0.1, -0.05) is 35.9 Å². The summed E-state index contributed by atoms with van der Waals surface area (Å²) in [5.41, 5.74) is 0.154. The van der Waals surface area contributed by atoms with Crippen LogP contribution in [0.2, 0.25) is 5.02 Å². The highest BCUT2D eigenvalue weighted by Gasteiger charge is 2.29. The van der Waals surface area contributed by atoms with Crippen molar-refractivity contribution in [1.82, 2.24) is 5.32 Å². The van der Waals surface area contributed by atoms with Gasteiger partial charge in [0.15, 0.2) is 0 Å². The summed E-state index contributed by atoms with van der Waals surface area (Å²) in [5.74, 6) is 0.984. The van der Waals surface area contributed by atoms with Gasteiger partial charge in [0.2, 0.25) is 5.91 Å². The number of hydrogen-bond acceptors (Lipinski definition) is 6. The van der Waals surface area contributed by atoms with Crippen LogP contribution in [0, 0.1) is 0 Å². The number of halogens is 1. The van der Waals surface area contributed by atoms with Crippen LogP contribution in [-0.4, -0.2) is 48.2 Å². The van der Waals surface area contributed by atoms with Crippen molar-refractivity contribution in [2.45, 2.75) is 4.90 Å². The number of rotatable bonds is 11. The van der Waals surface area contributed by atoms with Gasteiger partial charge in [0.25, 0.3) is 10.0 Å². The third kappa shape index (κ3) is 6.33. The number of benzene rings is 3. The molecule has 180 valence electrons. The Hall–Kier alpha value is -3.43. The van der Waals surface area contributed by atoms with Gasteiger partial charge in [-0.15, -0.1) is 0 Å². The fourth-order valence-electron chi connectivity index (χ4n) is 3.11. The Morgan fingerprint density at radius 3 is 2.38 bits per heavy atom. The molecule has 0 atom stereocenters. The number of nitrogens with one attached hydrogen (secondary N) is 1. The van der Waals surface area contributed by atoms with Crippen LogP contribution in [0.25, 0.3) is 0 Å². The van der Waals surface area contributed by atoms with Crippen molar-refractivity contribution in [3.05, 3.63) is 77.8 Å². The van der Waals surface area contributed by atoms with E-state index < -0.39 is 22.5 Å². The van der Waals surface area contributed by atoms with Crippen molar-refractivity contribution in [2.24, 2.45) is 0 Å². The highest BCUT2D eigenvalue weighted by atomic mass is 35.5. The predicted molar refractivity (Wildman–Crippen MR) is 130 cm³/mol. The number of nitrogens with zero attached hydrogens (tertiary/aromatic N) is 1. The second kappa shape index (κ2) is 11.6. The Morgan fingerprint density at radius 1 is 0.941 bits per heavy atom. The summed E-state index contributed by atoms with van der Waals surface area (Å²) in [4.78, 5) is 12.8. The first-order chi connectivity index (χ1) is 16.3. The van der Waals surface area contributed by atoms with Gasteiger partial charge in [0.1, 0.15) is 30.4 Å². The third-order valence-corrected chi connectivity index (χ3v) is 6.77. The van der Waals surface area contributed by atoms with Gasteiger partial charge >= 0.3 is 0 Å². The molecule has 0 unspecified atom stereocenters. The van der Waals surface area contributed by atoms with Crippen LogP contribution in [0.1, 0.15) is 0 Å². The number of hydrogen-bond donors (Lipinski definition) is 1. The smallest absolute Gasteiger partial charge is 0.264 e. The lowest BCUT2D eigenvalue weighted by Crippen LogP contribution is -2.42. The van der Waals surface area contributed by atoms with Crippen LogP contribution >= 0.6 is 11.6 Å². The van der Waals surface area contributed by atoms with Crippen LogP contribution in [-0.2, 0) is 14.8 Å². The zero-order chi connectivity index (χ0) is 24.6. The molecule has 0 fully saturated rings. The molecule has 3 aromatic rings. The number of amides is 1. The van der Waals surface area contributed by atoms with Gasteiger partial charge in [-0.25, -0.2) is 8.42 Å². The minimum absolute atomic E-state index is 0.0335. The zero-order valence-corrected chi connectivity index (χ0v) is 20.3. The van der Waals surface area contributed by atoms with E-state index in [9.17, 15) is 13.2 Å². The normalized spacial score (nSPS) is 10.9. The third-order valence-electron chi connectivity index (χ3n) is 4.76. The molecule has 0 bridgehead atoms. The molecule has 0 aromatic heterocycles. The maximum atomic E-state index is 13.4. The van der Waals surface area contributed by atoms with E-state index in [1.165, 1.54) is 25.3 Å². The fourth-order valence-corrected chi connectivity index (χ4v) is 4.72. The van der Waals surface area contributed by atoms with Gasteiger partial charge in [0.05, 0.1) is 31.3 Å². The van der Waals surface area contributed by atoms with Crippen LogP contribution < -0.4 is 23.8 Å². The molecule has 0 aliphatic heterocycles. The Kier molecular flexibility index (Phi) is 8.61. The Morgan fingerprint density at radius 2 is 1.68 bits per heavy atom. The maximum Gasteiger partial charge on any atom is 0.264 e. The highest BCUT2D eigenvalue weighted by molar-refractivity contribution is 7.92. The number of methoxy groups -OCH3 is 2. The topological polar surface area (TPSA) is 94.2 Å². The molecular formula is C24H25ClN2O6S. The second-order valence-electron chi connectivity index (χ2n) is 7.02. The largest absolute Gasteiger partial charge is 0.497 e. The summed E-state index contributed by atoms with van der Waals surface area (Å²) in [6, 6.07) is 19.5. The molecule has 0 aliphatic rings. The minimum Gasteiger partial charge on any atom is -0.497 e. The monoisotopic (exact) mass is 504 g/mol. The molecule has 10 heteroatoms. The van der Waals surface area contributed by atoms with Crippen LogP contribution in [0.3, 0.4) is 0 Å². The van der Waals surface area contributed by atoms with Gasteiger partial charge in [-0.3, -0.25) is 9.10 Å². The van der Waals surface area contributed by atoms with Crippen molar-refractivity contribution < 1.29 is 27.4 Å². The van der Waals surface area contributed by atoms with Crippen LogP contribution in [0.4, 0.5) is 5.69 Å². The lowest BCUT2D eigenvalue weighted by Gasteiger charge is -2.25. The van der Waals surface area contributed by atoms with Gasteiger partial charge in [-0.05, 0) is 42.5 Å². The average molecular weight is 505 g/mol. The summed E-state index contributed by atoms with van der Waals surface area (Å²) in [6.45, 7) is -0.125. The highest BCUT2D eigenvalue weighted by Crippen LogP contribution is 2.34. The Balaban J connectivity index is 1.75. The maximum absolute atomic E-state index is 13.4. The fraction of sp³-hybridized carbons (Fsp3) is 0.208. The van der Waals surface area contributed by atoms with E-state index in [1.54, 1.807) is 61.7 Å². The second-order valence-corrected chi connectivity index (χ2v) is 9.32.